The summed E-state index contributed by atoms with van der Waals surface area (Å²) in [6, 6.07) is 9.56. The Balaban J connectivity index is 1.95. The number of nitrogens with zero attached hydrogens (tertiary/aromatic N) is 3. The predicted molar refractivity (Wildman–Crippen MR) is 133 cm³/mol. The van der Waals surface area contributed by atoms with Gasteiger partial charge in [0, 0.05) is 18.8 Å². The van der Waals surface area contributed by atoms with Crippen LogP contribution in [-0.2, 0) is 25.4 Å². The first-order valence-corrected chi connectivity index (χ1v) is 12.6. The molecule has 0 bridgehead atoms. The highest BCUT2D eigenvalue weighted by Crippen LogP contribution is 2.37. The zero-order chi connectivity index (χ0) is 25.6. The molecule has 35 heavy (non-hydrogen) atoms. The lowest BCUT2D eigenvalue weighted by molar-refractivity contribution is -0.142. The molecular formula is C25H33N3O6S. The summed E-state index contributed by atoms with van der Waals surface area (Å²) in [5.41, 5.74) is 0.611. The summed E-state index contributed by atoms with van der Waals surface area (Å²) in [7, 11) is 0. The highest BCUT2D eigenvalue weighted by molar-refractivity contribution is 7.17. The predicted octanol–water partition coefficient (Wildman–Crippen LogP) is 4.57. The van der Waals surface area contributed by atoms with Crippen LogP contribution in [0.3, 0.4) is 0 Å². The molecule has 0 saturated carbocycles. The minimum absolute atomic E-state index is 0.0958. The first-order chi connectivity index (χ1) is 16.6. The number of hydrogen-bond donors (Lipinski definition) is 0. The van der Waals surface area contributed by atoms with E-state index in [0.717, 1.165) is 5.69 Å². The lowest BCUT2D eigenvalue weighted by Crippen LogP contribution is -2.38. The van der Waals surface area contributed by atoms with Crippen molar-refractivity contribution in [3.63, 3.8) is 0 Å². The topological polar surface area (TPSA) is 98.3 Å². The van der Waals surface area contributed by atoms with Gasteiger partial charge in [-0.2, -0.15) is 0 Å². The first kappa shape index (κ1) is 26.5. The summed E-state index contributed by atoms with van der Waals surface area (Å²) in [5, 5.41) is 0.551. The van der Waals surface area contributed by atoms with Crippen molar-refractivity contribution in [3.8, 4) is 0 Å². The van der Waals surface area contributed by atoms with Gasteiger partial charge in [0.05, 0.1) is 31.4 Å². The van der Waals surface area contributed by atoms with Crippen LogP contribution in [0.1, 0.15) is 56.4 Å². The minimum Gasteiger partial charge on any atom is -0.466 e. The molecule has 0 spiro atoms. The highest BCUT2D eigenvalue weighted by Gasteiger charge is 2.36. The van der Waals surface area contributed by atoms with Gasteiger partial charge >= 0.3 is 18.0 Å². The van der Waals surface area contributed by atoms with Gasteiger partial charge in [0.15, 0.2) is 5.13 Å². The fourth-order valence-electron chi connectivity index (χ4n) is 3.78. The molecule has 2 heterocycles. The maximum Gasteiger partial charge on any atom is 0.410 e. The molecule has 2 aromatic rings. The third-order valence-corrected chi connectivity index (χ3v) is 6.26. The Morgan fingerprint density at radius 3 is 2.43 bits per heavy atom. The largest absolute Gasteiger partial charge is 0.466 e. The van der Waals surface area contributed by atoms with Gasteiger partial charge in [-0.15, -0.1) is 0 Å². The average molecular weight is 504 g/mol. The van der Waals surface area contributed by atoms with E-state index < -0.39 is 17.5 Å². The molecule has 0 N–H and O–H groups in total. The van der Waals surface area contributed by atoms with Gasteiger partial charge in [0.1, 0.15) is 10.5 Å². The molecule has 1 amide bonds. The maximum absolute atomic E-state index is 12.7. The van der Waals surface area contributed by atoms with E-state index in [2.05, 4.69) is 0 Å². The van der Waals surface area contributed by atoms with E-state index in [0.29, 0.717) is 30.3 Å². The molecule has 0 radical (unpaired) electrons. The SMILES string of the molecule is CCOC(=O)Cc1nc(N(c2ccccc2)C2CCN(C(=O)OC(C)(C)C)C2)sc1C(=O)OCC. The summed E-state index contributed by atoms with van der Waals surface area (Å²) in [5.74, 6) is -0.983. The normalized spacial score (nSPS) is 15.6. The number of rotatable bonds is 8. The number of para-hydroxylation sites is 1. The summed E-state index contributed by atoms with van der Waals surface area (Å²) in [6.45, 7) is 10.4. The van der Waals surface area contributed by atoms with Crippen LogP contribution in [0.5, 0.6) is 0 Å². The second-order valence-corrected chi connectivity index (χ2v) is 10.0. The van der Waals surface area contributed by atoms with Crippen LogP contribution < -0.4 is 4.90 Å². The summed E-state index contributed by atoms with van der Waals surface area (Å²) in [4.78, 5) is 46.2. The van der Waals surface area contributed by atoms with E-state index in [1.54, 1.807) is 18.7 Å². The maximum atomic E-state index is 12.7. The van der Waals surface area contributed by atoms with Crippen molar-refractivity contribution in [3.05, 3.63) is 40.9 Å². The van der Waals surface area contributed by atoms with Crippen molar-refractivity contribution in [1.29, 1.82) is 0 Å². The zero-order valence-electron chi connectivity index (χ0n) is 20.9. The van der Waals surface area contributed by atoms with Crippen LogP contribution >= 0.6 is 11.3 Å². The van der Waals surface area contributed by atoms with Gasteiger partial charge in [0.25, 0.3) is 0 Å². The van der Waals surface area contributed by atoms with E-state index >= 15 is 0 Å². The van der Waals surface area contributed by atoms with Gasteiger partial charge in [-0.25, -0.2) is 14.6 Å². The molecule has 1 aromatic heterocycles. The fraction of sp³-hybridized carbons (Fsp3) is 0.520. The van der Waals surface area contributed by atoms with E-state index in [9.17, 15) is 14.4 Å². The zero-order valence-corrected chi connectivity index (χ0v) is 21.7. The standard InChI is InChI=1S/C25H33N3O6S/c1-6-32-20(29)15-19-21(22(30)33-7-2)35-23(26-19)28(17-11-9-8-10-12-17)18-13-14-27(16-18)24(31)34-25(3,4)5/h8-12,18H,6-7,13-16H2,1-5H3. The number of thiazole rings is 1. The molecule has 1 aliphatic heterocycles. The fourth-order valence-corrected chi connectivity index (χ4v) is 4.85. The van der Waals surface area contributed by atoms with Crippen molar-refractivity contribution >= 4 is 40.2 Å². The molecule has 1 saturated heterocycles. The van der Waals surface area contributed by atoms with Crippen LogP contribution in [-0.4, -0.2) is 65.9 Å². The second-order valence-electron chi connectivity index (χ2n) is 9.05. The van der Waals surface area contributed by atoms with Crippen molar-refractivity contribution in [2.45, 2.75) is 59.1 Å². The quantitative estimate of drug-likeness (QED) is 0.382. The van der Waals surface area contributed by atoms with Crippen LogP contribution in [0.4, 0.5) is 15.6 Å². The molecule has 1 aromatic carbocycles. The van der Waals surface area contributed by atoms with E-state index in [1.165, 1.54) is 11.3 Å². The van der Waals surface area contributed by atoms with Crippen LogP contribution in [0.15, 0.2) is 30.3 Å². The van der Waals surface area contributed by atoms with Gasteiger partial charge in [-0.05, 0) is 53.2 Å². The number of carbonyl (C=O) groups is 3. The van der Waals surface area contributed by atoms with Gasteiger partial charge in [-0.1, -0.05) is 29.5 Å². The average Bonchev–Trinajstić information content (AvgIpc) is 3.42. The minimum atomic E-state index is -0.583. The van der Waals surface area contributed by atoms with Crippen LogP contribution in [0.25, 0.3) is 0 Å². The van der Waals surface area contributed by atoms with Crippen LogP contribution in [0.2, 0.25) is 0 Å². The number of ether oxygens (including phenoxy) is 3. The van der Waals surface area contributed by atoms with Crippen molar-refractivity contribution in [2.75, 3.05) is 31.2 Å². The Hall–Kier alpha value is -3.14. The highest BCUT2D eigenvalue weighted by atomic mass is 32.1. The number of benzene rings is 1. The molecule has 1 atom stereocenters. The van der Waals surface area contributed by atoms with E-state index in [1.807, 2.05) is 56.0 Å². The number of carbonyl (C=O) groups excluding carboxylic acids is 3. The monoisotopic (exact) mass is 503 g/mol. The molecule has 1 aliphatic rings. The Morgan fingerprint density at radius 1 is 1.11 bits per heavy atom. The van der Waals surface area contributed by atoms with Gasteiger partial charge in [0.2, 0.25) is 0 Å². The van der Waals surface area contributed by atoms with Gasteiger partial charge < -0.3 is 24.0 Å². The molecule has 10 heteroatoms. The number of amides is 1. The smallest absolute Gasteiger partial charge is 0.410 e. The molecule has 1 unspecified atom stereocenters. The molecule has 9 nitrogen and oxygen atoms in total. The number of esters is 2. The molecular weight excluding hydrogens is 470 g/mol. The number of aromatic nitrogens is 1. The number of hydrogen-bond acceptors (Lipinski definition) is 9. The Morgan fingerprint density at radius 2 is 1.80 bits per heavy atom. The molecule has 1 fully saturated rings. The summed E-state index contributed by atoms with van der Waals surface area (Å²) >= 11 is 1.17. The molecule has 0 aliphatic carbocycles. The van der Waals surface area contributed by atoms with Crippen molar-refractivity contribution in [2.24, 2.45) is 0 Å². The third kappa shape index (κ3) is 6.94. The number of anilines is 2. The molecule has 3 rings (SSSR count). The van der Waals surface area contributed by atoms with Gasteiger partial charge in [-0.3, -0.25) is 4.79 Å². The van der Waals surface area contributed by atoms with Crippen molar-refractivity contribution < 1.29 is 28.6 Å². The number of likely N-dealkylation sites (tertiary alicyclic amines) is 1. The van der Waals surface area contributed by atoms with Crippen LogP contribution in [0, 0.1) is 0 Å². The summed E-state index contributed by atoms with van der Waals surface area (Å²) in [6.07, 6.45) is 0.202. The molecule has 190 valence electrons. The third-order valence-electron chi connectivity index (χ3n) is 5.18. The lowest BCUT2D eigenvalue weighted by atomic mass is 10.2. The van der Waals surface area contributed by atoms with Crippen molar-refractivity contribution in [1.82, 2.24) is 9.88 Å². The lowest BCUT2D eigenvalue weighted by Gasteiger charge is -2.29. The second kappa shape index (κ2) is 11.5. The Labute approximate surface area is 210 Å². The summed E-state index contributed by atoms with van der Waals surface area (Å²) < 4.78 is 15.8. The van der Waals surface area contributed by atoms with E-state index in [4.69, 9.17) is 19.2 Å². The Bertz CT molecular complexity index is 1030. The Kier molecular flexibility index (Phi) is 8.71. The first-order valence-electron chi connectivity index (χ1n) is 11.8. The van der Waals surface area contributed by atoms with E-state index in [-0.39, 0.29) is 36.6 Å².